The largest absolute Gasteiger partial charge is 0.457 e. The number of nitrogens with zero attached hydrogens (tertiary/aromatic N) is 1. The first-order valence-electron chi connectivity index (χ1n) is 29.1. The molecule has 3 aliphatic carbocycles. The zero-order chi connectivity index (χ0) is 55.1. The Labute approximate surface area is 493 Å². The van der Waals surface area contributed by atoms with Crippen LogP contribution in [-0.2, 0) is 16.2 Å². The summed E-state index contributed by atoms with van der Waals surface area (Å²) in [5.74, 6) is 1.78. The number of rotatable bonds is 6. The lowest BCUT2D eigenvalue weighted by Gasteiger charge is -2.39. The van der Waals surface area contributed by atoms with Gasteiger partial charge in [-0.2, -0.15) is 0 Å². The van der Waals surface area contributed by atoms with Crippen molar-refractivity contribution < 1.29 is 4.74 Å². The van der Waals surface area contributed by atoms with E-state index in [1.807, 2.05) is 11.8 Å². The SMILES string of the molecule is c1ccc(C2(c3ccccc3)c3ccccc3-c3c(-c4ccc(N(c5ccc6c(c5)-c5ccccc5C65c6ccccc6Oc6ccccc65)c5ccc6c(c5)-c5ccccc5C65c6ccccc6Sc6ccccc65)cc4)cccc32)cc1. The molecule has 0 saturated heterocycles. The van der Waals surface area contributed by atoms with Crippen LogP contribution in [-0.4, -0.2) is 0 Å². The van der Waals surface area contributed by atoms with Crippen LogP contribution in [0.5, 0.6) is 11.5 Å². The number of ether oxygens (including phenoxy) is 1. The van der Waals surface area contributed by atoms with Gasteiger partial charge in [-0.05, 0) is 161 Å². The smallest absolute Gasteiger partial charge is 0.132 e. The van der Waals surface area contributed by atoms with Gasteiger partial charge in [0.1, 0.15) is 11.5 Å². The Morgan fingerprint density at radius 1 is 0.250 bits per heavy atom. The molecule has 0 aromatic heterocycles. The molecule has 0 fully saturated rings. The van der Waals surface area contributed by atoms with E-state index in [-0.39, 0.29) is 0 Å². The summed E-state index contributed by atoms with van der Waals surface area (Å²) in [6.07, 6.45) is 0. The molecular weight excluding hydrogens is 1030 g/mol. The number of fused-ring (bicyclic) bond motifs is 21. The highest BCUT2D eigenvalue weighted by atomic mass is 32.2. The van der Waals surface area contributed by atoms with E-state index in [0.717, 1.165) is 39.7 Å². The van der Waals surface area contributed by atoms with Crippen LogP contribution in [0.3, 0.4) is 0 Å². The van der Waals surface area contributed by atoms with Crippen LogP contribution in [0.2, 0.25) is 0 Å². The third-order valence-corrected chi connectivity index (χ3v) is 20.2. The highest BCUT2D eigenvalue weighted by Crippen LogP contribution is 2.65. The Balaban J connectivity index is 0.853. The van der Waals surface area contributed by atoms with Crippen molar-refractivity contribution in [3.8, 4) is 56.0 Å². The summed E-state index contributed by atoms with van der Waals surface area (Å²) < 4.78 is 6.74. The van der Waals surface area contributed by atoms with Crippen LogP contribution in [0.1, 0.15) is 66.8 Å². The minimum atomic E-state index is -0.577. The molecule has 13 aromatic carbocycles. The van der Waals surface area contributed by atoms with Gasteiger partial charge in [0, 0.05) is 38.0 Å². The minimum Gasteiger partial charge on any atom is -0.457 e. The maximum atomic E-state index is 6.74. The highest BCUT2D eigenvalue weighted by Gasteiger charge is 2.53. The first-order chi connectivity index (χ1) is 41.7. The molecule has 2 spiro atoms. The summed E-state index contributed by atoms with van der Waals surface area (Å²) in [4.78, 5) is 5.10. The fraction of sp³-hybridized carbons (Fsp3) is 0.0370. The standard InChI is InChI=1S/C81H51NOS/c1-3-22-53(23-4-1)79(54-24-5-2-6-25-54)66-32-12-9-28-61(66)78-58(29-21-37-73(78)79)52-42-44-55(45-43-52)82(56-46-48-67-62(50-56)59-26-7-10-30-64(59)80(67)69-33-13-17-38-74(69)83-75-39-18-14-34-70(75)80)57-47-49-68-63(51-57)60-27-8-11-31-65(60)81(68)71-35-15-19-40-76(71)84-77-41-20-16-36-72(77)81/h1-51H. The van der Waals surface area contributed by atoms with E-state index in [1.54, 1.807) is 0 Å². The van der Waals surface area contributed by atoms with Crippen LogP contribution in [0.15, 0.2) is 319 Å². The summed E-state index contributed by atoms with van der Waals surface area (Å²) in [7, 11) is 0. The summed E-state index contributed by atoms with van der Waals surface area (Å²) in [5, 5.41) is 0. The maximum Gasteiger partial charge on any atom is 0.132 e. The number of hydrogen-bond donors (Lipinski definition) is 0. The topological polar surface area (TPSA) is 12.5 Å². The van der Waals surface area contributed by atoms with Crippen molar-refractivity contribution in [2.75, 3.05) is 4.90 Å². The lowest BCUT2D eigenvalue weighted by Crippen LogP contribution is -2.32. The quantitative estimate of drug-likeness (QED) is 0.165. The molecule has 13 aromatic rings. The second-order valence-electron chi connectivity index (χ2n) is 22.9. The molecule has 0 N–H and O–H groups in total. The third kappa shape index (κ3) is 6.21. The highest BCUT2D eigenvalue weighted by molar-refractivity contribution is 7.99. The molecule has 0 bridgehead atoms. The van der Waals surface area contributed by atoms with Crippen molar-refractivity contribution in [3.05, 3.63) is 376 Å². The van der Waals surface area contributed by atoms with Crippen LogP contribution in [0, 0.1) is 0 Å². The van der Waals surface area contributed by atoms with Crippen molar-refractivity contribution >= 4 is 28.8 Å². The molecule has 0 saturated carbocycles. The molecule has 2 heterocycles. The molecule has 392 valence electrons. The van der Waals surface area contributed by atoms with Gasteiger partial charge in [0.2, 0.25) is 0 Å². The van der Waals surface area contributed by atoms with Gasteiger partial charge < -0.3 is 9.64 Å². The van der Waals surface area contributed by atoms with Crippen LogP contribution in [0.4, 0.5) is 17.1 Å². The molecule has 5 aliphatic rings. The van der Waals surface area contributed by atoms with Gasteiger partial charge in [-0.15, -0.1) is 0 Å². The van der Waals surface area contributed by atoms with Crippen LogP contribution >= 0.6 is 11.8 Å². The van der Waals surface area contributed by atoms with E-state index in [9.17, 15) is 0 Å². The van der Waals surface area contributed by atoms with Crippen LogP contribution in [0.25, 0.3) is 44.5 Å². The Bertz CT molecular complexity index is 4540. The predicted molar refractivity (Wildman–Crippen MR) is 343 cm³/mol. The van der Waals surface area contributed by atoms with Gasteiger partial charge >= 0.3 is 0 Å². The zero-order valence-corrected chi connectivity index (χ0v) is 46.5. The number of para-hydroxylation sites is 2. The zero-order valence-electron chi connectivity index (χ0n) is 45.7. The fourth-order valence-electron chi connectivity index (χ4n) is 15.9. The van der Waals surface area contributed by atoms with Crippen LogP contribution < -0.4 is 9.64 Å². The summed E-state index contributed by atoms with van der Waals surface area (Å²) >= 11 is 1.89. The molecule has 3 heteroatoms. The van der Waals surface area contributed by atoms with E-state index in [1.165, 1.54) is 110 Å². The second kappa shape index (κ2) is 17.9. The van der Waals surface area contributed by atoms with Gasteiger partial charge in [0.05, 0.1) is 16.2 Å². The molecular formula is C81H51NOS. The number of hydrogen-bond acceptors (Lipinski definition) is 3. The molecule has 2 nitrogen and oxygen atoms in total. The monoisotopic (exact) mass is 1090 g/mol. The lowest BCUT2D eigenvalue weighted by molar-refractivity contribution is 0.436. The predicted octanol–water partition coefficient (Wildman–Crippen LogP) is 20.5. The average molecular weight is 1090 g/mol. The Kier molecular flexibility index (Phi) is 10.1. The van der Waals surface area contributed by atoms with E-state index >= 15 is 0 Å². The lowest BCUT2D eigenvalue weighted by atomic mass is 9.66. The van der Waals surface area contributed by atoms with Gasteiger partial charge in [0.25, 0.3) is 0 Å². The van der Waals surface area contributed by atoms with Crippen molar-refractivity contribution in [2.45, 2.75) is 26.0 Å². The first kappa shape index (κ1) is 47.4. The normalized spacial score (nSPS) is 14.8. The third-order valence-electron chi connectivity index (χ3n) is 19.1. The first-order valence-corrected chi connectivity index (χ1v) is 30.0. The Morgan fingerprint density at radius 2 is 0.631 bits per heavy atom. The minimum absolute atomic E-state index is 0.482. The van der Waals surface area contributed by atoms with E-state index < -0.39 is 16.2 Å². The van der Waals surface area contributed by atoms with Crippen molar-refractivity contribution in [2.24, 2.45) is 0 Å². The average Bonchev–Trinajstić information content (AvgIpc) is 1.97. The van der Waals surface area contributed by atoms with E-state index in [0.29, 0.717) is 0 Å². The van der Waals surface area contributed by atoms with Gasteiger partial charge in [-0.3, -0.25) is 0 Å². The van der Waals surface area contributed by atoms with Crippen molar-refractivity contribution in [1.82, 2.24) is 0 Å². The van der Waals surface area contributed by atoms with Crippen molar-refractivity contribution in [3.63, 3.8) is 0 Å². The fourth-order valence-corrected chi connectivity index (χ4v) is 17.1. The van der Waals surface area contributed by atoms with E-state index in [4.69, 9.17) is 4.74 Å². The molecule has 2 aliphatic heterocycles. The van der Waals surface area contributed by atoms with E-state index in [2.05, 4.69) is 314 Å². The van der Waals surface area contributed by atoms with Gasteiger partial charge in [-0.25, -0.2) is 0 Å². The summed E-state index contributed by atoms with van der Waals surface area (Å²) in [5.41, 5.74) is 26.9. The Hall–Kier alpha value is -10.2. The summed E-state index contributed by atoms with van der Waals surface area (Å²) in [6.45, 7) is 0. The molecule has 18 rings (SSSR count). The van der Waals surface area contributed by atoms with Crippen molar-refractivity contribution in [1.29, 1.82) is 0 Å². The number of benzene rings is 13. The molecule has 0 radical (unpaired) electrons. The molecule has 0 atom stereocenters. The Morgan fingerprint density at radius 3 is 1.17 bits per heavy atom. The molecule has 0 amide bonds. The van der Waals surface area contributed by atoms with Gasteiger partial charge in [-0.1, -0.05) is 260 Å². The maximum absolute atomic E-state index is 6.74. The van der Waals surface area contributed by atoms with Gasteiger partial charge in [0.15, 0.2) is 0 Å². The molecule has 0 unspecified atom stereocenters. The number of anilines is 3. The second-order valence-corrected chi connectivity index (χ2v) is 24.0. The summed E-state index contributed by atoms with van der Waals surface area (Å²) in [6, 6.07) is 116. The molecule has 84 heavy (non-hydrogen) atoms.